The molecule has 0 aliphatic rings. The summed E-state index contributed by atoms with van der Waals surface area (Å²) in [6, 6.07) is 0. The van der Waals surface area contributed by atoms with Crippen molar-refractivity contribution in [2.45, 2.75) is 39.2 Å². The predicted octanol–water partition coefficient (Wildman–Crippen LogP) is 0.249. The molecule has 0 aliphatic heterocycles. The minimum absolute atomic E-state index is 0.0936. The number of carbonyl (C=O) groups excluding carboxylic acids is 1. The van der Waals surface area contributed by atoms with Gasteiger partial charge in [0.2, 0.25) is 5.91 Å². The quantitative estimate of drug-likeness (QED) is 0.578. The minimum Gasteiger partial charge on any atom is -0.388 e. The molecule has 0 rings (SSSR count). The second kappa shape index (κ2) is 5.98. The molecule has 0 saturated carbocycles. The van der Waals surface area contributed by atoms with E-state index in [1.165, 1.54) is 0 Å². The number of carbonyl (C=O) groups is 1. The van der Waals surface area contributed by atoms with Crippen molar-refractivity contribution in [2.75, 3.05) is 13.1 Å². The van der Waals surface area contributed by atoms with Gasteiger partial charge in [0.1, 0.15) is 0 Å². The molecule has 0 aromatic heterocycles. The molecule has 14 heavy (non-hydrogen) atoms. The molecular formula is C10H22N2O2. The van der Waals surface area contributed by atoms with Gasteiger partial charge in [-0.3, -0.25) is 4.79 Å². The van der Waals surface area contributed by atoms with Crippen LogP contribution in [0.25, 0.3) is 0 Å². The smallest absolute Gasteiger partial charge is 0.224 e. The summed E-state index contributed by atoms with van der Waals surface area (Å²) in [6.45, 7) is 6.12. The highest BCUT2D eigenvalue weighted by molar-refractivity contribution is 5.78. The molecule has 2 atom stereocenters. The number of hydrogen-bond acceptors (Lipinski definition) is 3. The van der Waals surface area contributed by atoms with Gasteiger partial charge in [0.05, 0.1) is 5.60 Å². The van der Waals surface area contributed by atoms with E-state index in [9.17, 15) is 9.90 Å². The van der Waals surface area contributed by atoms with Crippen LogP contribution < -0.4 is 11.1 Å². The Morgan fingerprint density at radius 1 is 1.64 bits per heavy atom. The summed E-state index contributed by atoms with van der Waals surface area (Å²) in [4.78, 5) is 11.3. The van der Waals surface area contributed by atoms with Crippen LogP contribution in [0.4, 0.5) is 0 Å². The maximum atomic E-state index is 11.3. The first-order valence-corrected chi connectivity index (χ1v) is 5.13. The van der Waals surface area contributed by atoms with Crippen LogP contribution in [0.15, 0.2) is 0 Å². The molecule has 0 heterocycles. The molecule has 0 radical (unpaired) electrons. The lowest BCUT2D eigenvalue weighted by Crippen LogP contribution is -2.43. The molecule has 0 fully saturated rings. The van der Waals surface area contributed by atoms with Gasteiger partial charge in [0.15, 0.2) is 0 Å². The molecule has 0 spiro atoms. The van der Waals surface area contributed by atoms with Crippen LogP contribution in [0.2, 0.25) is 0 Å². The van der Waals surface area contributed by atoms with E-state index in [1.54, 1.807) is 13.8 Å². The summed E-state index contributed by atoms with van der Waals surface area (Å²) in [6.07, 6.45) is 1.58. The average molecular weight is 202 g/mol. The van der Waals surface area contributed by atoms with Crippen molar-refractivity contribution in [2.24, 2.45) is 11.7 Å². The molecule has 2 unspecified atom stereocenters. The molecule has 0 bridgehead atoms. The van der Waals surface area contributed by atoms with Crippen molar-refractivity contribution in [1.82, 2.24) is 5.32 Å². The van der Waals surface area contributed by atoms with Gasteiger partial charge in [-0.1, -0.05) is 20.3 Å². The fraction of sp³-hybridized carbons (Fsp3) is 0.900. The van der Waals surface area contributed by atoms with Gasteiger partial charge in [0.25, 0.3) is 0 Å². The van der Waals surface area contributed by atoms with Crippen LogP contribution in [0.1, 0.15) is 33.6 Å². The Hall–Kier alpha value is -0.610. The van der Waals surface area contributed by atoms with Crippen molar-refractivity contribution < 1.29 is 9.90 Å². The average Bonchev–Trinajstić information content (AvgIpc) is 2.13. The lowest BCUT2D eigenvalue weighted by molar-refractivity contribution is -0.125. The van der Waals surface area contributed by atoms with E-state index in [4.69, 9.17) is 5.73 Å². The maximum absolute atomic E-state index is 11.3. The van der Waals surface area contributed by atoms with E-state index in [1.807, 2.05) is 6.92 Å². The van der Waals surface area contributed by atoms with Gasteiger partial charge in [-0.25, -0.2) is 0 Å². The number of aliphatic hydroxyl groups is 1. The lowest BCUT2D eigenvalue weighted by atomic mass is 10.0. The Kier molecular flexibility index (Phi) is 5.72. The molecule has 4 N–H and O–H groups in total. The van der Waals surface area contributed by atoms with Crippen molar-refractivity contribution in [1.29, 1.82) is 0 Å². The number of hydrogen-bond donors (Lipinski definition) is 3. The zero-order chi connectivity index (χ0) is 11.2. The number of nitrogens with one attached hydrogen (secondary N) is 1. The van der Waals surface area contributed by atoms with Crippen molar-refractivity contribution in [3.63, 3.8) is 0 Å². The Labute approximate surface area is 85.9 Å². The zero-order valence-electron chi connectivity index (χ0n) is 9.34. The highest BCUT2D eigenvalue weighted by Gasteiger charge is 2.21. The lowest BCUT2D eigenvalue weighted by Gasteiger charge is -2.23. The molecule has 0 aromatic rings. The molecule has 0 aliphatic carbocycles. The Bertz CT molecular complexity index is 181. The number of amides is 1. The summed E-state index contributed by atoms with van der Waals surface area (Å²) in [5, 5.41) is 12.5. The molecule has 1 amide bonds. The summed E-state index contributed by atoms with van der Waals surface area (Å²) in [5.41, 5.74) is 4.54. The maximum Gasteiger partial charge on any atom is 0.224 e. The summed E-state index contributed by atoms with van der Waals surface area (Å²) >= 11 is 0. The van der Waals surface area contributed by atoms with E-state index in [0.717, 1.165) is 6.42 Å². The highest BCUT2D eigenvalue weighted by atomic mass is 16.3. The van der Waals surface area contributed by atoms with Gasteiger partial charge >= 0.3 is 0 Å². The summed E-state index contributed by atoms with van der Waals surface area (Å²) < 4.78 is 0. The Morgan fingerprint density at radius 3 is 2.64 bits per heavy atom. The number of nitrogens with two attached hydrogens (primary N) is 1. The topological polar surface area (TPSA) is 75.3 Å². The molecule has 4 heteroatoms. The molecule has 0 aromatic carbocycles. The number of rotatable bonds is 6. The SMILES string of the molecule is CCCC(C)(O)CNC(=O)C(C)CN. The third-order valence-corrected chi connectivity index (χ3v) is 2.23. The van der Waals surface area contributed by atoms with Gasteiger partial charge in [-0.05, 0) is 13.3 Å². The summed E-state index contributed by atoms with van der Waals surface area (Å²) in [5.74, 6) is -0.281. The van der Waals surface area contributed by atoms with Crippen LogP contribution in [-0.4, -0.2) is 29.7 Å². The molecule has 84 valence electrons. The van der Waals surface area contributed by atoms with E-state index < -0.39 is 5.60 Å². The normalized spacial score (nSPS) is 17.2. The van der Waals surface area contributed by atoms with E-state index >= 15 is 0 Å². The third kappa shape index (κ3) is 5.19. The Balaban J connectivity index is 3.87. The second-order valence-corrected chi connectivity index (χ2v) is 4.10. The van der Waals surface area contributed by atoms with Crippen molar-refractivity contribution in [3.05, 3.63) is 0 Å². The van der Waals surface area contributed by atoms with E-state index in [2.05, 4.69) is 5.32 Å². The van der Waals surface area contributed by atoms with Crippen LogP contribution in [0.3, 0.4) is 0 Å². The van der Waals surface area contributed by atoms with E-state index in [0.29, 0.717) is 19.5 Å². The fourth-order valence-electron chi connectivity index (χ4n) is 1.19. The van der Waals surface area contributed by atoms with E-state index in [-0.39, 0.29) is 11.8 Å². The van der Waals surface area contributed by atoms with Crippen LogP contribution in [0.5, 0.6) is 0 Å². The largest absolute Gasteiger partial charge is 0.388 e. The first-order valence-electron chi connectivity index (χ1n) is 5.13. The molecule has 0 saturated heterocycles. The van der Waals surface area contributed by atoms with Crippen LogP contribution >= 0.6 is 0 Å². The van der Waals surface area contributed by atoms with Crippen molar-refractivity contribution in [3.8, 4) is 0 Å². The standard InChI is InChI=1S/C10H22N2O2/c1-4-5-10(3,14)7-12-9(13)8(2)6-11/h8,14H,4-7,11H2,1-3H3,(H,12,13). The van der Waals surface area contributed by atoms with Gasteiger partial charge in [-0.15, -0.1) is 0 Å². The van der Waals surface area contributed by atoms with Crippen molar-refractivity contribution >= 4 is 5.91 Å². The first-order chi connectivity index (χ1) is 6.43. The third-order valence-electron chi connectivity index (χ3n) is 2.23. The summed E-state index contributed by atoms with van der Waals surface area (Å²) in [7, 11) is 0. The first kappa shape index (κ1) is 13.4. The van der Waals surface area contributed by atoms with Crippen LogP contribution in [0, 0.1) is 5.92 Å². The van der Waals surface area contributed by atoms with Gasteiger partial charge in [0, 0.05) is 19.0 Å². The fourth-order valence-corrected chi connectivity index (χ4v) is 1.19. The molecule has 4 nitrogen and oxygen atoms in total. The Morgan fingerprint density at radius 2 is 2.21 bits per heavy atom. The highest BCUT2D eigenvalue weighted by Crippen LogP contribution is 2.10. The minimum atomic E-state index is -0.807. The zero-order valence-corrected chi connectivity index (χ0v) is 9.34. The predicted molar refractivity (Wildman–Crippen MR) is 56.8 cm³/mol. The monoisotopic (exact) mass is 202 g/mol. The second-order valence-electron chi connectivity index (χ2n) is 4.10. The van der Waals surface area contributed by atoms with Gasteiger partial charge < -0.3 is 16.2 Å². The van der Waals surface area contributed by atoms with Crippen LogP contribution in [-0.2, 0) is 4.79 Å². The van der Waals surface area contributed by atoms with Gasteiger partial charge in [-0.2, -0.15) is 0 Å². The molecular weight excluding hydrogens is 180 g/mol.